The van der Waals surface area contributed by atoms with E-state index in [9.17, 15) is 32.7 Å². The number of amidine groups is 1. The van der Waals surface area contributed by atoms with Crippen molar-refractivity contribution in [3.8, 4) is 5.88 Å². The van der Waals surface area contributed by atoms with Crippen molar-refractivity contribution in [3.63, 3.8) is 0 Å². The molecule has 18 heteroatoms. The largest absolute Gasteiger partial charge is 0.481 e. The maximum Gasteiger partial charge on any atom is 0.422 e. The highest BCUT2D eigenvalue weighted by Gasteiger charge is 2.39. The van der Waals surface area contributed by atoms with Gasteiger partial charge in [-0.1, -0.05) is 38.3 Å². The normalized spacial score (nSPS) is 14.4. The minimum atomic E-state index is -4.59. The number of alkyl halides is 3. The van der Waals surface area contributed by atoms with Crippen LogP contribution in [0.25, 0.3) is 0 Å². The molecule has 1 aromatic carbocycles. The van der Waals surface area contributed by atoms with Crippen LogP contribution >= 0.6 is 11.8 Å². The number of hydrogen-bond donors (Lipinski definition) is 2. The number of aliphatic carboxylic acids is 1. The molecule has 2 atom stereocenters. The molecule has 2 N–H and O–H groups in total. The fourth-order valence-corrected chi connectivity index (χ4v) is 5.58. The second kappa shape index (κ2) is 17.4. The number of rotatable bonds is 14. The second-order valence-corrected chi connectivity index (χ2v) is 20.2. The van der Waals surface area contributed by atoms with E-state index in [-0.39, 0.29) is 28.8 Å². The number of carboxylic acids is 1. The molecule has 2 amide bonds. The Morgan fingerprint density at radius 1 is 1.10 bits per heavy atom. The number of nitrogens with zero attached hydrogens (tertiary/aromatic N) is 4. The van der Waals surface area contributed by atoms with Gasteiger partial charge in [0, 0.05) is 25.9 Å². The molecule has 0 saturated carbocycles. The van der Waals surface area contributed by atoms with Gasteiger partial charge in [0.05, 0.1) is 24.4 Å². The summed E-state index contributed by atoms with van der Waals surface area (Å²) in [5.41, 5.74) is -2.81. The van der Waals surface area contributed by atoms with E-state index in [1.807, 2.05) is 0 Å². The topological polar surface area (TPSA) is 153 Å². The van der Waals surface area contributed by atoms with E-state index in [4.69, 9.17) is 14.5 Å². The Bertz CT molecular complexity index is 1520. The van der Waals surface area contributed by atoms with E-state index in [1.54, 1.807) is 34.0 Å². The first-order chi connectivity index (χ1) is 22.9. The summed E-state index contributed by atoms with van der Waals surface area (Å²) in [5.74, 6) is -4.07. The number of halogens is 4. The number of aliphatic imine (C=N–C) groups is 1. The zero-order chi connectivity index (χ0) is 38.1. The van der Waals surface area contributed by atoms with Gasteiger partial charge in [-0.15, -0.1) is 0 Å². The number of aromatic nitrogens is 2. The highest BCUT2D eigenvalue weighted by Crippen LogP contribution is 2.40. The first kappa shape index (κ1) is 42.4. The third-order valence-corrected chi connectivity index (χ3v) is 9.41. The number of nitrogens with one attached hydrogen (secondary N) is 1. The fourth-order valence-electron chi connectivity index (χ4n) is 4.20. The van der Waals surface area contributed by atoms with Crippen molar-refractivity contribution in [1.82, 2.24) is 14.9 Å². The number of benzene rings is 1. The van der Waals surface area contributed by atoms with Crippen LogP contribution in [0.3, 0.4) is 0 Å². The van der Waals surface area contributed by atoms with Gasteiger partial charge in [0.2, 0.25) is 5.88 Å². The Kier molecular flexibility index (Phi) is 14.8. The number of amides is 2. The summed E-state index contributed by atoms with van der Waals surface area (Å²) in [6.45, 7) is 13.3. The van der Waals surface area contributed by atoms with Crippen LogP contribution in [0.4, 0.5) is 28.0 Å². The maximum atomic E-state index is 15.7. The van der Waals surface area contributed by atoms with Crippen molar-refractivity contribution in [2.24, 2.45) is 10.9 Å². The average Bonchev–Trinajstić information content (AvgIpc) is 2.98. The standard InChI is InChI=1S/C32H45F4N5O7SSi/c1-20(14-26(42)43)31(5,40-28(49-6)41(29(45)48-30(2,3)4)19-46-12-13-50(7,8)9)22-15-21(10-11-23(22)33)39-27(44)24-16-38-25(17-37-24)47-18-32(34,35)36/h10-11,15-17,20H,12-14,18-19H2,1-9H3,(H,39,44)(H,42,43)/b40-28-/t20-,31+/m1/s1. The molecular formula is C32H45F4N5O7SSi. The van der Waals surface area contributed by atoms with Crippen molar-refractivity contribution in [2.75, 3.05) is 31.5 Å². The smallest absolute Gasteiger partial charge is 0.422 e. The van der Waals surface area contributed by atoms with Gasteiger partial charge in [0.25, 0.3) is 5.91 Å². The van der Waals surface area contributed by atoms with Gasteiger partial charge in [-0.25, -0.2) is 24.1 Å². The van der Waals surface area contributed by atoms with E-state index in [0.29, 0.717) is 6.61 Å². The number of hydrogen-bond acceptors (Lipinski definition) is 10. The molecule has 0 aliphatic rings. The highest BCUT2D eigenvalue weighted by molar-refractivity contribution is 8.13. The lowest BCUT2D eigenvalue weighted by Crippen LogP contribution is -2.43. The Morgan fingerprint density at radius 2 is 1.76 bits per heavy atom. The quantitative estimate of drug-likeness (QED) is 0.0499. The Labute approximate surface area is 294 Å². The molecule has 12 nitrogen and oxygen atoms in total. The van der Waals surface area contributed by atoms with Crippen molar-refractivity contribution < 1.29 is 51.3 Å². The van der Waals surface area contributed by atoms with Crippen molar-refractivity contribution in [3.05, 3.63) is 47.7 Å². The number of carboxylic acid groups (broad SMARTS) is 1. The highest BCUT2D eigenvalue weighted by atomic mass is 32.2. The second-order valence-electron chi connectivity index (χ2n) is 13.8. The van der Waals surface area contributed by atoms with Gasteiger partial charge in [0.1, 0.15) is 23.8 Å². The van der Waals surface area contributed by atoms with E-state index in [0.717, 1.165) is 36.3 Å². The molecule has 2 rings (SSSR count). The van der Waals surface area contributed by atoms with Crippen LogP contribution < -0.4 is 10.1 Å². The lowest BCUT2D eigenvalue weighted by Gasteiger charge is -2.35. The molecule has 2 aromatic rings. The van der Waals surface area contributed by atoms with Crippen LogP contribution in [0.2, 0.25) is 25.7 Å². The number of thioether (sulfide) groups is 1. The first-order valence-electron chi connectivity index (χ1n) is 15.5. The molecule has 0 bridgehead atoms. The molecule has 50 heavy (non-hydrogen) atoms. The summed E-state index contributed by atoms with van der Waals surface area (Å²) in [6, 6.07) is 4.42. The number of carbonyl (C=O) groups is 3. The van der Waals surface area contributed by atoms with Crippen LogP contribution in [0.1, 0.15) is 57.1 Å². The first-order valence-corrected chi connectivity index (χ1v) is 20.4. The summed E-state index contributed by atoms with van der Waals surface area (Å²) in [6.07, 6.45) is -2.39. The third kappa shape index (κ3) is 13.9. The minimum Gasteiger partial charge on any atom is -0.481 e. The zero-order valence-electron chi connectivity index (χ0n) is 29.6. The molecule has 0 saturated heterocycles. The number of anilines is 1. The molecule has 1 heterocycles. The fraction of sp³-hybridized carbons (Fsp3) is 0.562. The number of carbonyl (C=O) groups excluding carboxylic acids is 2. The molecule has 0 aliphatic heterocycles. The van der Waals surface area contributed by atoms with Gasteiger partial charge in [-0.05, 0) is 64.1 Å². The molecule has 0 aliphatic carbocycles. The maximum absolute atomic E-state index is 15.7. The molecule has 278 valence electrons. The van der Waals surface area contributed by atoms with Crippen molar-refractivity contribution in [1.29, 1.82) is 0 Å². The van der Waals surface area contributed by atoms with Gasteiger partial charge in [-0.3, -0.25) is 14.6 Å². The average molecular weight is 748 g/mol. The predicted octanol–water partition coefficient (Wildman–Crippen LogP) is 7.40. The molecule has 0 radical (unpaired) electrons. The van der Waals surface area contributed by atoms with Crippen LogP contribution in [0, 0.1) is 11.7 Å². The van der Waals surface area contributed by atoms with Gasteiger partial charge < -0.3 is 24.6 Å². The van der Waals surface area contributed by atoms with E-state index in [1.165, 1.54) is 24.0 Å². The summed E-state index contributed by atoms with van der Waals surface area (Å²) < 4.78 is 69.1. The van der Waals surface area contributed by atoms with Gasteiger partial charge in [-0.2, -0.15) is 13.2 Å². The number of ether oxygens (including phenoxy) is 3. The van der Waals surface area contributed by atoms with Gasteiger partial charge >= 0.3 is 18.2 Å². The Balaban J connectivity index is 2.55. The summed E-state index contributed by atoms with van der Waals surface area (Å²) >= 11 is 1.05. The Morgan fingerprint density at radius 3 is 2.28 bits per heavy atom. The van der Waals surface area contributed by atoms with Gasteiger partial charge in [0.15, 0.2) is 11.8 Å². The molecule has 0 fully saturated rings. The van der Waals surface area contributed by atoms with Crippen LogP contribution in [-0.2, 0) is 19.8 Å². The van der Waals surface area contributed by atoms with Crippen LogP contribution in [-0.4, -0.2) is 89.2 Å². The van der Waals surface area contributed by atoms with E-state index < -0.39 is 74.0 Å². The molecule has 1 aromatic heterocycles. The SMILES string of the molecule is CS/C(=N\[C@](C)(c1cc(NC(=O)c2cnc(OCC(F)(F)F)cn2)ccc1F)[C@H](C)CC(=O)O)N(COCC[Si](C)(C)C)C(=O)OC(C)(C)C. The molecule has 0 unspecified atom stereocenters. The zero-order valence-corrected chi connectivity index (χ0v) is 31.4. The minimum absolute atomic E-state index is 0.0685. The lowest BCUT2D eigenvalue weighted by atomic mass is 9.79. The van der Waals surface area contributed by atoms with Crippen molar-refractivity contribution in [2.45, 2.75) is 84.0 Å². The predicted molar refractivity (Wildman–Crippen MR) is 185 cm³/mol. The molecule has 0 spiro atoms. The lowest BCUT2D eigenvalue weighted by molar-refractivity contribution is -0.154. The summed E-state index contributed by atoms with van der Waals surface area (Å²) in [4.78, 5) is 51.7. The summed E-state index contributed by atoms with van der Waals surface area (Å²) in [7, 11) is -1.47. The molecular weight excluding hydrogens is 703 g/mol. The van der Waals surface area contributed by atoms with Crippen molar-refractivity contribution >= 4 is 48.7 Å². The Hall–Kier alpha value is -3.77. The third-order valence-electron chi connectivity index (χ3n) is 7.03. The van der Waals surface area contributed by atoms with Crippen LogP contribution in [0.15, 0.2) is 35.6 Å². The monoisotopic (exact) mass is 747 g/mol. The van der Waals surface area contributed by atoms with Crippen LogP contribution in [0.5, 0.6) is 5.88 Å². The van der Waals surface area contributed by atoms with E-state index in [2.05, 4.69) is 39.7 Å². The summed E-state index contributed by atoms with van der Waals surface area (Å²) in [5, 5.41) is 12.3. The van der Waals surface area contributed by atoms with E-state index >= 15 is 4.39 Å².